The van der Waals surface area contributed by atoms with Crippen molar-refractivity contribution in [2.75, 3.05) is 5.73 Å². The molecule has 0 radical (unpaired) electrons. The molecule has 1 aromatic carbocycles. The van der Waals surface area contributed by atoms with Gasteiger partial charge in [0, 0.05) is 5.39 Å². The molecule has 2 aromatic rings. The number of aromatic nitrogens is 1. The number of hydrogen-bond donors (Lipinski definition) is 2. The fourth-order valence-electron chi connectivity index (χ4n) is 1.92. The number of hydrogen-bond acceptors (Lipinski definition) is 3. The first-order chi connectivity index (χ1) is 8.97. The topological polar surface area (TPSA) is 59.1 Å². The second-order valence-electron chi connectivity index (χ2n) is 5.02. The van der Waals surface area contributed by atoms with Gasteiger partial charge in [-0.25, -0.2) is 0 Å². The predicted octanol–water partition coefficient (Wildman–Crippen LogP) is 3.55. The fourth-order valence-corrected chi connectivity index (χ4v) is 1.92. The van der Waals surface area contributed by atoms with E-state index in [1.807, 2.05) is 52.0 Å². The van der Waals surface area contributed by atoms with Crippen LogP contribution in [0.4, 0.5) is 5.69 Å². The first-order valence-corrected chi connectivity index (χ1v) is 6.82. The third-order valence-corrected chi connectivity index (χ3v) is 2.91. The Morgan fingerprint density at radius 3 is 2.47 bits per heavy atom. The zero-order valence-corrected chi connectivity index (χ0v) is 12.3. The number of nitrogen functional groups attached to an aromatic ring is 1. The lowest BCUT2D eigenvalue weighted by Crippen LogP contribution is -2.19. The summed E-state index contributed by atoms with van der Waals surface area (Å²) >= 11 is 0. The number of benzene rings is 1. The summed E-state index contributed by atoms with van der Waals surface area (Å²) in [5, 5.41) is 10.9. The molecule has 1 aromatic heterocycles. The smallest absolute Gasteiger partial charge is 0.0706 e. The second-order valence-corrected chi connectivity index (χ2v) is 5.02. The van der Waals surface area contributed by atoms with Gasteiger partial charge in [0.25, 0.3) is 0 Å². The first-order valence-electron chi connectivity index (χ1n) is 6.82. The summed E-state index contributed by atoms with van der Waals surface area (Å²) < 4.78 is 0. The molecule has 0 fully saturated rings. The van der Waals surface area contributed by atoms with Crippen LogP contribution in [0.3, 0.4) is 0 Å². The highest BCUT2D eigenvalue weighted by Crippen LogP contribution is 2.25. The lowest BCUT2D eigenvalue weighted by atomic mass is 9.96. The molecule has 0 aliphatic carbocycles. The van der Waals surface area contributed by atoms with Crippen LogP contribution in [0.25, 0.3) is 10.9 Å². The van der Waals surface area contributed by atoms with Crippen molar-refractivity contribution in [2.24, 2.45) is 0 Å². The zero-order chi connectivity index (χ0) is 14.5. The highest BCUT2D eigenvalue weighted by molar-refractivity contribution is 5.85. The molecule has 3 nitrogen and oxygen atoms in total. The van der Waals surface area contributed by atoms with Crippen molar-refractivity contribution in [3.63, 3.8) is 0 Å². The molecule has 0 amide bonds. The van der Waals surface area contributed by atoms with Crippen molar-refractivity contribution in [3.05, 3.63) is 36.0 Å². The molecule has 0 saturated heterocycles. The molecule has 0 aliphatic rings. The molecule has 1 heterocycles. The van der Waals surface area contributed by atoms with Gasteiger partial charge in [-0.2, -0.15) is 0 Å². The number of anilines is 1. The normalized spacial score (nSPS) is 11.0. The Morgan fingerprint density at radius 1 is 1.21 bits per heavy atom. The highest BCUT2D eigenvalue weighted by atomic mass is 16.3. The molecule has 3 N–H and O–H groups in total. The average Bonchev–Trinajstić information content (AvgIpc) is 2.39. The van der Waals surface area contributed by atoms with Crippen molar-refractivity contribution >= 4 is 16.6 Å². The van der Waals surface area contributed by atoms with Gasteiger partial charge in [0.1, 0.15) is 0 Å². The largest absolute Gasteiger partial charge is 0.397 e. The van der Waals surface area contributed by atoms with E-state index in [0.29, 0.717) is 12.1 Å². The summed E-state index contributed by atoms with van der Waals surface area (Å²) in [6, 6.07) is 7.95. The van der Waals surface area contributed by atoms with Crippen molar-refractivity contribution in [1.82, 2.24) is 4.98 Å². The fraction of sp³-hybridized carbons (Fsp3) is 0.438. The van der Waals surface area contributed by atoms with Crippen molar-refractivity contribution in [2.45, 2.75) is 46.1 Å². The summed E-state index contributed by atoms with van der Waals surface area (Å²) in [4.78, 5) is 4.30. The van der Waals surface area contributed by atoms with Gasteiger partial charge in [-0.05, 0) is 38.3 Å². The molecule has 0 saturated carbocycles. The van der Waals surface area contributed by atoms with Gasteiger partial charge in [0.05, 0.1) is 23.0 Å². The van der Waals surface area contributed by atoms with Crippen LogP contribution in [0.5, 0.6) is 0 Å². The minimum atomic E-state index is -0.670. The van der Waals surface area contributed by atoms with Crippen LogP contribution in [0, 0.1) is 0 Å². The molecule has 2 rings (SSSR count). The van der Waals surface area contributed by atoms with Gasteiger partial charge in [-0.15, -0.1) is 0 Å². The van der Waals surface area contributed by atoms with E-state index in [-0.39, 0.29) is 0 Å². The van der Waals surface area contributed by atoms with Crippen LogP contribution in [-0.2, 0) is 6.42 Å². The van der Waals surface area contributed by atoms with Crippen LogP contribution < -0.4 is 5.73 Å². The minimum Gasteiger partial charge on any atom is -0.397 e. The molecular weight excluding hydrogens is 236 g/mol. The van der Waals surface area contributed by atoms with Crippen LogP contribution in [0.15, 0.2) is 30.5 Å². The number of para-hydroxylation sites is 1. The van der Waals surface area contributed by atoms with Crippen molar-refractivity contribution in [1.29, 1.82) is 0 Å². The Hall–Kier alpha value is -1.61. The van der Waals surface area contributed by atoms with E-state index in [1.165, 1.54) is 0 Å². The van der Waals surface area contributed by atoms with Gasteiger partial charge in [0.2, 0.25) is 0 Å². The van der Waals surface area contributed by atoms with E-state index >= 15 is 0 Å². The van der Waals surface area contributed by atoms with Gasteiger partial charge >= 0.3 is 0 Å². The molecule has 0 unspecified atom stereocenters. The maximum atomic E-state index is 9.79. The van der Waals surface area contributed by atoms with Crippen molar-refractivity contribution < 1.29 is 5.11 Å². The Kier molecular flexibility index (Phi) is 5.31. The number of pyridine rings is 1. The molecule has 0 spiro atoms. The summed E-state index contributed by atoms with van der Waals surface area (Å²) in [6.45, 7) is 7.62. The molecule has 19 heavy (non-hydrogen) atoms. The number of nitrogens with two attached hydrogens (primary N) is 1. The molecule has 104 valence electrons. The molecule has 0 bridgehead atoms. The van der Waals surface area contributed by atoms with E-state index in [0.717, 1.165) is 22.9 Å². The molecule has 3 heteroatoms. The summed E-state index contributed by atoms with van der Waals surface area (Å²) in [5.74, 6) is 0. The third kappa shape index (κ3) is 4.21. The predicted molar refractivity (Wildman–Crippen MR) is 82.1 cm³/mol. The zero-order valence-electron chi connectivity index (χ0n) is 12.3. The van der Waals surface area contributed by atoms with Crippen LogP contribution in [-0.4, -0.2) is 15.7 Å². The summed E-state index contributed by atoms with van der Waals surface area (Å²) in [5.41, 5.74) is 8.04. The lowest BCUT2D eigenvalue weighted by molar-refractivity contribution is 0.0715. The van der Waals surface area contributed by atoms with Gasteiger partial charge in [-0.3, -0.25) is 4.98 Å². The first kappa shape index (κ1) is 15.4. The van der Waals surface area contributed by atoms with Crippen LogP contribution in [0.2, 0.25) is 0 Å². The van der Waals surface area contributed by atoms with Gasteiger partial charge in [-0.1, -0.05) is 32.0 Å². The Bertz CT molecular complexity index is 530. The van der Waals surface area contributed by atoms with Crippen molar-refractivity contribution in [3.8, 4) is 0 Å². The molecule has 0 aliphatic heterocycles. The number of fused-ring (bicyclic) bond motifs is 1. The standard InChI is InChI=1S/C14H18N2O.C2H6/c1-14(2,17)8-7-10-11-5-3-4-6-13(11)16-9-12(10)15;1-2/h3-6,9,17H,7-8,15H2,1-2H3;1-2H3. The van der Waals surface area contributed by atoms with E-state index in [9.17, 15) is 5.11 Å². The van der Waals surface area contributed by atoms with Crippen LogP contribution in [0.1, 0.15) is 39.7 Å². The molecule has 0 atom stereocenters. The summed E-state index contributed by atoms with van der Waals surface area (Å²) in [7, 11) is 0. The lowest BCUT2D eigenvalue weighted by Gasteiger charge is -2.18. The highest BCUT2D eigenvalue weighted by Gasteiger charge is 2.14. The van der Waals surface area contributed by atoms with Crippen LogP contribution >= 0.6 is 0 Å². The van der Waals surface area contributed by atoms with E-state index < -0.39 is 5.60 Å². The second kappa shape index (κ2) is 6.53. The van der Waals surface area contributed by atoms with E-state index in [4.69, 9.17) is 5.73 Å². The van der Waals surface area contributed by atoms with Gasteiger partial charge < -0.3 is 10.8 Å². The third-order valence-electron chi connectivity index (χ3n) is 2.91. The molecular formula is C16H24N2O. The summed E-state index contributed by atoms with van der Waals surface area (Å²) in [6.07, 6.45) is 3.14. The average molecular weight is 260 g/mol. The number of aliphatic hydroxyl groups is 1. The van der Waals surface area contributed by atoms with E-state index in [2.05, 4.69) is 4.98 Å². The maximum Gasteiger partial charge on any atom is 0.0706 e. The Balaban J connectivity index is 0.000000861. The van der Waals surface area contributed by atoms with E-state index in [1.54, 1.807) is 6.20 Å². The van der Waals surface area contributed by atoms with Gasteiger partial charge in [0.15, 0.2) is 0 Å². The number of rotatable bonds is 3. The number of aryl methyl sites for hydroxylation is 1. The monoisotopic (exact) mass is 260 g/mol. The number of nitrogens with zero attached hydrogens (tertiary/aromatic N) is 1. The Labute approximate surface area is 115 Å². The Morgan fingerprint density at radius 2 is 1.84 bits per heavy atom. The maximum absolute atomic E-state index is 9.79. The minimum absolute atomic E-state index is 0.670. The quantitative estimate of drug-likeness (QED) is 0.887. The SMILES string of the molecule is CC.CC(C)(O)CCc1c(N)cnc2ccccc12.